The standard InChI is InChI=1S/C25H36FN5O6S/c1-18(32)27-14-21-16-31(25(33)37-21)20-4-5-23(22(26)13-20)29-15-19-3-2-6-28(24(19)17-29)9-12-38(34,35)30-7-10-36-11-8-30/h4-5,13,19,21,24H,2-3,6-12,14-17H2,1H3,(H,27,32)/t19-,21-,24+/m0/s1. The highest BCUT2D eigenvalue weighted by Crippen LogP contribution is 2.36. The molecule has 1 N–H and O–H groups in total. The summed E-state index contributed by atoms with van der Waals surface area (Å²) < 4.78 is 53.1. The number of likely N-dealkylation sites (tertiary alicyclic amines) is 1. The van der Waals surface area contributed by atoms with Crippen LogP contribution in [0.4, 0.5) is 20.6 Å². The molecular weight excluding hydrogens is 517 g/mol. The molecule has 38 heavy (non-hydrogen) atoms. The Balaban J connectivity index is 1.21. The van der Waals surface area contributed by atoms with Crippen LogP contribution in [0.2, 0.25) is 0 Å². The van der Waals surface area contributed by atoms with E-state index in [2.05, 4.69) is 10.2 Å². The lowest BCUT2D eigenvalue weighted by Crippen LogP contribution is -2.49. The number of fused-ring (bicyclic) bond motifs is 1. The van der Waals surface area contributed by atoms with E-state index in [1.165, 1.54) is 22.2 Å². The fourth-order valence-electron chi connectivity index (χ4n) is 5.95. The molecule has 1 aromatic rings. The predicted molar refractivity (Wildman–Crippen MR) is 139 cm³/mol. The van der Waals surface area contributed by atoms with E-state index in [0.29, 0.717) is 63.2 Å². The molecule has 4 aliphatic heterocycles. The van der Waals surface area contributed by atoms with Gasteiger partial charge in [0.15, 0.2) is 0 Å². The number of sulfonamides is 1. The number of morpholine rings is 1. The van der Waals surface area contributed by atoms with Gasteiger partial charge in [-0.1, -0.05) is 0 Å². The molecule has 0 radical (unpaired) electrons. The third-order valence-electron chi connectivity index (χ3n) is 7.93. The van der Waals surface area contributed by atoms with Crippen LogP contribution >= 0.6 is 0 Å². The van der Waals surface area contributed by atoms with Crippen molar-refractivity contribution in [2.75, 3.05) is 81.1 Å². The maximum absolute atomic E-state index is 15.3. The zero-order valence-electron chi connectivity index (χ0n) is 21.7. The SMILES string of the molecule is CC(=O)NC[C@H]1CN(c2ccc(N3C[C@@H]4CCCN(CCS(=O)(=O)N5CCOCC5)[C@@H]4C3)c(F)c2)C(=O)O1. The van der Waals surface area contributed by atoms with Gasteiger partial charge in [-0.15, -0.1) is 0 Å². The van der Waals surface area contributed by atoms with Crippen molar-refractivity contribution in [2.45, 2.75) is 31.9 Å². The Hall–Kier alpha value is -2.48. The van der Waals surface area contributed by atoms with Gasteiger partial charge in [-0.2, -0.15) is 4.31 Å². The van der Waals surface area contributed by atoms with E-state index in [9.17, 15) is 18.0 Å². The second kappa shape index (κ2) is 11.3. The fourth-order valence-corrected chi connectivity index (χ4v) is 7.38. The normalized spacial score (nSPS) is 26.9. The smallest absolute Gasteiger partial charge is 0.414 e. The minimum absolute atomic E-state index is 0.0775. The summed E-state index contributed by atoms with van der Waals surface area (Å²) in [5.41, 5.74) is 0.888. The predicted octanol–water partition coefficient (Wildman–Crippen LogP) is 0.850. The monoisotopic (exact) mass is 553 g/mol. The first-order valence-electron chi connectivity index (χ1n) is 13.3. The fraction of sp³-hybridized carbons (Fsp3) is 0.680. The van der Waals surface area contributed by atoms with Crippen LogP contribution in [0.15, 0.2) is 18.2 Å². The number of piperidine rings is 1. The molecule has 3 atom stereocenters. The molecule has 0 aromatic heterocycles. The maximum Gasteiger partial charge on any atom is 0.414 e. The number of cyclic esters (lactones) is 1. The van der Waals surface area contributed by atoms with Gasteiger partial charge >= 0.3 is 6.09 Å². The van der Waals surface area contributed by atoms with Crippen molar-refractivity contribution >= 4 is 33.4 Å². The average molecular weight is 554 g/mol. The highest BCUT2D eigenvalue weighted by molar-refractivity contribution is 7.89. The lowest BCUT2D eigenvalue weighted by Gasteiger charge is -2.37. The number of hydrogen-bond donors (Lipinski definition) is 1. The van der Waals surface area contributed by atoms with Gasteiger partial charge in [0.2, 0.25) is 15.9 Å². The van der Waals surface area contributed by atoms with Crippen LogP contribution in [0, 0.1) is 11.7 Å². The molecule has 5 rings (SSSR count). The molecule has 0 saturated carbocycles. The van der Waals surface area contributed by atoms with E-state index in [1.807, 2.05) is 4.90 Å². The van der Waals surface area contributed by atoms with Crippen LogP contribution < -0.4 is 15.1 Å². The molecule has 0 unspecified atom stereocenters. The van der Waals surface area contributed by atoms with Gasteiger partial charge in [0.05, 0.1) is 43.4 Å². The zero-order valence-corrected chi connectivity index (χ0v) is 22.5. The Morgan fingerprint density at radius 1 is 1.16 bits per heavy atom. The van der Waals surface area contributed by atoms with Gasteiger partial charge in [0, 0.05) is 45.7 Å². The molecule has 0 bridgehead atoms. The summed E-state index contributed by atoms with van der Waals surface area (Å²) in [7, 11) is -3.34. The minimum Gasteiger partial charge on any atom is -0.442 e. The molecule has 11 nitrogen and oxygen atoms in total. The Morgan fingerprint density at radius 3 is 2.68 bits per heavy atom. The second-order valence-corrected chi connectivity index (χ2v) is 12.5. The van der Waals surface area contributed by atoms with Gasteiger partial charge in [-0.3, -0.25) is 14.6 Å². The molecule has 2 amide bonds. The summed E-state index contributed by atoms with van der Waals surface area (Å²) in [6, 6.07) is 4.94. The Bertz CT molecular complexity index is 1150. The quantitative estimate of drug-likeness (QED) is 0.505. The Labute approximate surface area is 222 Å². The number of rotatable bonds is 8. The number of carbonyl (C=O) groups excluding carboxylic acids is 2. The van der Waals surface area contributed by atoms with Crippen molar-refractivity contribution in [1.29, 1.82) is 0 Å². The Morgan fingerprint density at radius 2 is 1.95 bits per heavy atom. The highest BCUT2D eigenvalue weighted by Gasteiger charge is 2.40. The number of benzene rings is 1. The van der Waals surface area contributed by atoms with Crippen molar-refractivity contribution in [3.8, 4) is 0 Å². The summed E-state index contributed by atoms with van der Waals surface area (Å²) in [6.07, 6.45) is 0.962. The van der Waals surface area contributed by atoms with Gasteiger partial charge in [-0.05, 0) is 43.5 Å². The molecule has 0 spiro atoms. The van der Waals surface area contributed by atoms with Crippen molar-refractivity contribution in [1.82, 2.24) is 14.5 Å². The number of ether oxygens (including phenoxy) is 2. The number of carbonyl (C=O) groups is 2. The second-order valence-electron chi connectivity index (χ2n) is 10.4. The molecule has 4 aliphatic rings. The van der Waals surface area contributed by atoms with Crippen LogP contribution in [-0.2, 0) is 24.3 Å². The van der Waals surface area contributed by atoms with Gasteiger partial charge in [0.1, 0.15) is 11.9 Å². The van der Waals surface area contributed by atoms with E-state index in [1.54, 1.807) is 12.1 Å². The molecule has 4 fully saturated rings. The van der Waals surface area contributed by atoms with E-state index in [0.717, 1.165) is 19.4 Å². The molecule has 4 saturated heterocycles. The third kappa shape index (κ3) is 5.90. The summed E-state index contributed by atoms with van der Waals surface area (Å²) in [4.78, 5) is 29.1. The topological polar surface area (TPSA) is 112 Å². The van der Waals surface area contributed by atoms with Crippen molar-refractivity contribution in [3.05, 3.63) is 24.0 Å². The van der Waals surface area contributed by atoms with Crippen LogP contribution in [0.5, 0.6) is 0 Å². The van der Waals surface area contributed by atoms with Crippen molar-refractivity contribution < 1.29 is 31.9 Å². The van der Waals surface area contributed by atoms with Gasteiger partial charge < -0.3 is 19.7 Å². The van der Waals surface area contributed by atoms with Crippen molar-refractivity contribution in [3.63, 3.8) is 0 Å². The maximum atomic E-state index is 15.3. The molecule has 1 aromatic carbocycles. The van der Waals surface area contributed by atoms with Crippen molar-refractivity contribution in [2.24, 2.45) is 5.92 Å². The number of hydrogen-bond acceptors (Lipinski definition) is 8. The average Bonchev–Trinajstić information content (AvgIpc) is 3.50. The molecule has 0 aliphatic carbocycles. The Kier molecular flexibility index (Phi) is 8.08. The first-order valence-corrected chi connectivity index (χ1v) is 14.9. The first kappa shape index (κ1) is 27.1. The number of amides is 2. The first-order chi connectivity index (χ1) is 18.2. The summed E-state index contributed by atoms with van der Waals surface area (Å²) in [5, 5.41) is 2.63. The van der Waals surface area contributed by atoms with Gasteiger partial charge in [0.25, 0.3) is 0 Å². The molecule has 13 heteroatoms. The minimum atomic E-state index is -3.34. The largest absolute Gasteiger partial charge is 0.442 e. The number of nitrogens with one attached hydrogen (secondary N) is 1. The van der Waals surface area contributed by atoms with E-state index >= 15 is 4.39 Å². The lowest BCUT2D eigenvalue weighted by atomic mass is 9.92. The number of anilines is 2. The number of halogens is 1. The summed E-state index contributed by atoms with van der Waals surface area (Å²) in [5.74, 6) is -0.204. The zero-order chi connectivity index (χ0) is 26.9. The summed E-state index contributed by atoms with van der Waals surface area (Å²) in [6.45, 7) is 6.15. The lowest BCUT2D eigenvalue weighted by molar-refractivity contribution is -0.119. The molecular formula is C25H36FN5O6S. The van der Waals surface area contributed by atoms with E-state index < -0.39 is 28.0 Å². The van der Waals surface area contributed by atoms with Crippen LogP contribution in [-0.4, -0.2) is 113 Å². The summed E-state index contributed by atoms with van der Waals surface area (Å²) >= 11 is 0. The van der Waals surface area contributed by atoms with E-state index in [-0.39, 0.29) is 30.8 Å². The van der Waals surface area contributed by atoms with Crippen LogP contribution in [0.25, 0.3) is 0 Å². The molecule has 210 valence electrons. The van der Waals surface area contributed by atoms with E-state index in [4.69, 9.17) is 9.47 Å². The number of nitrogens with zero attached hydrogens (tertiary/aromatic N) is 4. The highest BCUT2D eigenvalue weighted by atomic mass is 32.2. The van der Waals surface area contributed by atoms with Crippen LogP contribution in [0.3, 0.4) is 0 Å². The van der Waals surface area contributed by atoms with Gasteiger partial charge in [-0.25, -0.2) is 17.6 Å². The third-order valence-corrected chi connectivity index (χ3v) is 9.78. The molecule has 4 heterocycles. The van der Waals surface area contributed by atoms with Crippen LogP contribution in [0.1, 0.15) is 19.8 Å².